The number of aryl methyl sites for hydroxylation is 1. The SMILES string of the molecule is CCc1cccc(C(NN)c2ccc(N(C)C)cc2)c1. The Labute approximate surface area is 121 Å². The fraction of sp³-hybridized carbons (Fsp3) is 0.294. The second kappa shape index (κ2) is 6.55. The van der Waals surface area contributed by atoms with E-state index in [4.69, 9.17) is 5.84 Å². The Morgan fingerprint density at radius 3 is 2.30 bits per heavy atom. The summed E-state index contributed by atoms with van der Waals surface area (Å²) in [4.78, 5) is 2.09. The molecule has 0 aliphatic heterocycles. The molecule has 2 aromatic carbocycles. The van der Waals surface area contributed by atoms with Crippen molar-refractivity contribution in [2.24, 2.45) is 5.84 Å². The molecule has 20 heavy (non-hydrogen) atoms. The van der Waals surface area contributed by atoms with Crippen molar-refractivity contribution < 1.29 is 0 Å². The Morgan fingerprint density at radius 2 is 1.75 bits per heavy atom. The number of rotatable bonds is 5. The number of anilines is 1. The van der Waals surface area contributed by atoms with E-state index in [9.17, 15) is 0 Å². The Hall–Kier alpha value is -1.84. The molecule has 0 bridgehead atoms. The van der Waals surface area contributed by atoms with Gasteiger partial charge in [-0.25, -0.2) is 5.43 Å². The summed E-state index contributed by atoms with van der Waals surface area (Å²) in [6, 6.07) is 17.1. The number of nitrogens with zero attached hydrogens (tertiary/aromatic N) is 1. The molecule has 0 heterocycles. The molecule has 0 saturated heterocycles. The summed E-state index contributed by atoms with van der Waals surface area (Å²) in [5.74, 6) is 5.77. The van der Waals surface area contributed by atoms with E-state index in [2.05, 4.69) is 65.8 Å². The molecule has 0 saturated carbocycles. The number of nitrogens with one attached hydrogen (secondary N) is 1. The van der Waals surface area contributed by atoms with Crippen molar-refractivity contribution in [1.29, 1.82) is 0 Å². The van der Waals surface area contributed by atoms with Crippen LogP contribution < -0.4 is 16.2 Å². The standard InChI is InChI=1S/C17H23N3/c1-4-13-6-5-7-15(12-13)17(19-18)14-8-10-16(11-9-14)20(2)3/h5-12,17,19H,4,18H2,1-3H3. The van der Waals surface area contributed by atoms with E-state index in [1.807, 2.05) is 14.1 Å². The van der Waals surface area contributed by atoms with Gasteiger partial charge >= 0.3 is 0 Å². The molecule has 0 aromatic heterocycles. The molecule has 3 nitrogen and oxygen atoms in total. The first kappa shape index (κ1) is 14.6. The van der Waals surface area contributed by atoms with Gasteiger partial charge in [-0.2, -0.15) is 0 Å². The molecular formula is C17H23N3. The van der Waals surface area contributed by atoms with E-state index in [0.29, 0.717) is 0 Å². The third kappa shape index (κ3) is 3.18. The van der Waals surface area contributed by atoms with E-state index >= 15 is 0 Å². The lowest BCUT2D eigenvalue weighted by molar-refractivity contribution is 0.636. The summed E-state index contributed by atoms with van der Waals surface area (Å²) in [6.45, 7) is 2.16. The Kier molecular flexibility index (Phi) is 4.77. The first-order valence-electron chi connectivity index (χ1n) is 6.98. The Morgan fingerprint density at radius 1 is 1.05 bits per heavy atom. The summed E-state index contributed by atoms with van der Waals surface area (Å²) < 4.78 is 0. The third-order valence-electron chi connectivity index (χ3n) is 3.60. The quantitative estimate of drug-likeness (QED) is 0.648. The molecule has 0 aliphatic rings. The van der Waals surface area contributed by atoms with Crippen LogP contribution in [0.5, 0.6) is 0 Å². The van der Waals surface area contributed by atoms with Gasteiger partial charge in [0.1, 0.15) is 0 Å². The smallest absolute Gasteiger partial charge is 0.0710 e. The lowest BCUT2D eigenvalue weighted by Gasteiger charge is -2.19. The Balaban J connectivity index is 2.31. The van der Waals surface area contributed by atoms with Gasteiger partial charge in [0.2, 0.25) is 0 Å². The third-order valence-corrected chi connectivity index (χ3v) is 3.60. The maximum atomic E-state index is 5.77. The highest BCUT2D eigenvalue weighted by molar-refractivity contribution is 5.47. The van der Waals surface area contributed by atoms with Crippen molar-refractivity contribution in [3.05, 3.63) is 65.2 Å². The second-order valence-electron chi connectivity index (χ2n) is 5.18. The fourth-order valence-electron chi connectivity index (χ4n) is 2.34. The summed E-state index contributed by atoms with van der Waals surface area (Å²) in [6.07, 6.45) is 1.03. The number of nitrogens with two attached hydrogens (primary N) is 1. The number of hydrogen-bond donors (Lipinski definition) is 2. The van der Waals surface area contributed by atoms with Crippen molar-refractivity contribution in [3.63, 3.8) is 0 Å². The van der Waals surface area contributed by atoms with Gasteiger partial charge in [-0.3, -0.25) is 5.84 Å². The molecule has 2 aromatic rings. The molecule has 3 heteroatoms. The van der Waals surface area contributed by atoms with E-state index < -0.39 is 0 Å². The number of hydrazine groups is 1. The summed E-state index contributed by atoms with van der Waals surface area (Å²) in [7, 11) is 4.08. The van der Waals surface area contributed by atoms with Crippen LogP contribution in [0.2, 0.25) is 0 Å². The molecule has 0 aliphatic carbocycles. The van der Waals surface area contributed by atoms with Crippen molar-refractivity contribution >= 4 is 5.69 Å². The molecular weight excluding hydrogens is 246 g/mol. The summed E-state index contributed by atoms with van der Waals surface area (Å²) in [5, 5.41) is 0. The van der Waals surface area contributed by atoms with Gasteiger partial charge in [-0.15, -0.1) is 0 Å². The van der Waals surface area contributed by atoms with Crippen LogP contribution in [0.1, 0.15) is 29.7 Å². The number of benzene rings is 2. The summed E-state index contributed by atoms with van der Waals surface area (Å²) >= 11 is 0. The monoisotopic (exact) mass is 269 g/mol. The fourth-order valence-corrected chi connectivity index (χ4v) is 2.34. The molecule has 0 spiro atoms. The van der Waals surface area contributed by atoms with Crippen molar-refractivity contribution in [2.75, 3.05) is 19.0 Å². The molecule has 1 atom stereocenters. The van der Waals surface area contributed by atoms with Crippen LogP contribution in [0.4, 0.5) is 5.69 Å². The molecule has 3 N–H and O–H groups in total. The van der Waals surface area contributed by atoms with E-state index in [0.717, 1.165) is 6.42 Å². The molecule has 2 rings (SSSR count). The van der Waals surface area contributed by atoms with Crippen molar-refractivity contribution in [1.82, 2.24) is 5.43 Å². The predicted molar refractivity (Wildman–Crippen MR) is 85.8 cm³/mol. The Bertz CT molecular complexity index is 546. The zero-order chi connectivity index (χ0) is 14.5. The van der Waals surface area contributed by atoms with Gasteiger partial charge < -0.3 is 4.90 Å². The van der Waals surface area contributed by atoms with Crippen LogP contribution >= 0.6 is 0 Å². The average Bonchev–Trinajstić information content (AvgIpc) is 2.49. The minimum absolute atomic E-state index is 0.0257. The highest BCUT2D eigenvalue weighted by Crippen LogP contribution is 2.24. The van der Waals surface area contributed by atoms with E-state index in [-0.39, 0.29) is 6.04 Å². The molecule has 0 amide bonds. The lowest BCUT2D eigenvalue weighted by Crippen LogP contribution is -2.28. The zero-order valence-corrected chi connectivity index (χ0v) is 12.4. The normalized spacial score (nSPS) is 12.2. The van der Waals surface area contributed by atoms with Crippen LogP contribution in [-0.2, 0) is 6.42 Å². The van der Waals surface area contributed by atoms with Crippen molar-refractivity contribution in [2.45, 2.75) is 19.4 Å². The minimum atomic E-state index is 0.0257. The van der Waals surface area contributed by atoms with Gasteiger partial charge in [0.25, 0.3) is 0 Å². The van der Waals surface area contributed by atoms with Gasteiger partial charge in [0.05, 0.1) is 6.04 Å². The van der Waals surface area contributed by atoms with E-state index in [1.165, 1.54) is 22.4 Å². The van der Waals surface area contributed by atoms with Crippen LogP contribution in [0.25, 0.3) is 0 Å². The molecule has 0 fully saturated rings. The van der Waals surface area contributed by atoms with Crippen molar-refractivity contribution in [3.8, 4) is 0 Å². The van der Waals surface area contributed by atoms with Gasteiger partial charge in [-0.1, -0.05) is 43.3 Å². The molecule has 0 radical (unpaired) electrons. The maximum absolute atomic E-state index is 5.77. The van der Waals surface area contributed by atoms with Crippen LogP contribution in [-0.4, -0.2) is 14.1 Å². The first-order chi connectivity index (χ1) is 9.65. The second-order valence-corrected chi connectivity index (χ2v) is 5.18. The highest BCUT2D eigenvalue weighted by atomic mass is 15.2. The average molecular weight is 269 g/mol. The van der Waals surface area contributed by atoms with Gasteiger partial charge in [-0.05, 0) is 35.2 Å². The minimum Gasteiger partial charge on any atom is -0.378 e. The van der Waals surface area contributed by atoms with Gasteiger partial charge in [0, 0.05) is 19.8 Å². The van der Waals surface area contributed by atoms with Crippen LogP contribution in [0.15, 0.2) is 48.5 Å². The zero-order valence-electron chi connectivity index (χ0n) is 12.4. The highest BCUT2D eigenvalue weighted by Gasteiger charge is 2.12. The van der Waals surface area contributed by atoms with Crippen LogP contribution in [0.3, 0.4) is 0 Å². The van der Waals surface area contributed by atoms with Gasteiger partial charge in [0.15, 0.2) is 0 Å². The maximum Gasteiger partial charge on any atom is 0.0710 e. The molecule has 1 unspecified atom stereocenters. The predicted octanol–water partition coefficient (Wildman–Crippen LogP) is 2.87. The molecule has 106 valence electrons. The lowest BCUT2D eigenvalue weighted by atomic mass is 9.97. The van der Waals surface area contributed by atoms with E-state index in [1.54, 1.807) is 0 Å². The topological polar surface area (TPSA) is 41.3 Å². The first-order valence-corrected chi connectivity index (χ1v) is 6.98. The summed E-state index contributed by atoms with van der Waals surface area (Å²) in [5.41, 5.74) is 7.81. The largest absolute Gasteiger partial charge is 0.378 e. The number of hydrogen-bond acceptors (Lipinski definition) is 3. The van der Waals surface area contributed by atoms with Crippen LogP contribution in [0, 0.1) is 0 Å².